The molecule has 1 saturated carbocycles. The van der Waals surface area contributed by atoms with Crippen LogP contribution in [0.5, 0.6) is 5.75 Å². The highest BCUT2D eigenvalue weighted by Gasteiger charge is 2.22. The number of morpholine rings is 1. The van der Waals surface area contributed by atoms with Crippen LogP contribution in [0.3, 0.4) is 0 Å². The smallest absolute Gasteiger partial charge is 0.262 e. The van der Waals surface area contributed by atoms with Crippen LogP contribution in [0.4, 0.5) is 0 Å². The van der Waals surface area contributed by atoms with Crippen LogP contribution in [0.2, 0.25) is 0 Å². The van der Waals surface area contributed by atoms with Crippen LogP contribution in [0.25, 0.3) is 22.3 Å². The highest BCUT2D eigenvalue weighted by atomic mass is 16.5. The van der Waals surface area contributed by atoms with Gasteiger partial charge < -0.3 is 14.8 Å². The fourth-order valence-electron chi connectivity index (χ4n) is 4.54. The first-order valence-corrected chi connectivity index (χ1v) is 12.9. The molecule has 1 atom stereocenters. The average molecular weight is 491 g/mol. The molecule has 3 aromatic rings. The number of fused-ring (bicyclic) bond motifs is 1. The number of hydrogen-bond acceptors (Lipinski definition) is 6. The number of amides is 1. The number of nitrogens with zero attached hydrogens (tertiary/aromatic N) is 3. The van der Waals surface area contributed by atoms with E-state index < -0.39 is 0 Å². The van der Waals surface area contributed by atoms with Crippen molar-refractivity contribution in [1.82, 2.24) is 19.8 Å². The molecule has 2 heterocycles. The molecule has 1 amide bonds. The van der Waals surface area contributed by atoms with Crippen molar-refractivity contribution < 1.29 is 14.3 Å². The monoisotopic (exact) mass is 490 g/mol. The Bertz CT molecular complexity index is 1250. The first-order valence-electron chi connectivity index (χ1n) is 12.9. The van der Waals surface area contributed by atoms with Gasteiger partial charge in [0, 0.05) is 37.7 Å². The second kappa shape index (κ2) is 11.2. The molecule has 2 aliphatic rings. The number of carbonyl (C=O) groups excluding carboxylic acids is 1. The van der Waals surface area contributed by atoms with Crippen LogP contribution in [0.15, 0.2) is 53.3 Å². The van der Waals surface area contributed by atoms with E-state index in [1.807, 2.05) is 42.5 Å². The van der Waals surface area contributed by atoms with Crippen molar-refractivity contribution in [2.75, 3.05) is 46.0 Å². The van der Waals surface area contributed by atoms with Crippen molar-refractivity contribution in [3.8, 4) is 17.1 Å². The van der Waals surface area contributed by atoms with Crippen molar-refractivity contribution in [3.05, 3.63) is 58.9 Å². The molecule has 190 valence electrons. The van der Waals surface area contributed by atoms with Crippen molar-refractivity contribution in [1.29, 1.82) is 0 Å². The van der Waals surface area contributed by atoms with Gasteiger partial charge in [-0.1, -0.05) is 37.3 Å². The van der Waals surface area contributed by atoms with Gasteiger partial charge in [0.15, 0.2) is 0 Å². The van der Waals surface area contributed by atoms with E-state index in [2.05, 4.69) is 17.1 Å². The SMILES string of the molecule is C[C@H](COc1ccc2nc(-c3ccccc3)n(CC(=O)NCC3CC3)c(=O)c2c1)CN1CCOCC1. The van der Waals surface area contributed by atoms with Crippen LogP contribution in [0.1, 0.15) is 19.8 Å². The first kappa shape index (κ1) is 24.5. The summed E-state index contributed by atoms with van der Waals surface area (Å²) in [6.45, 7) is 7.71. The van der Waals surface area contributed by atoms with E-state index in [-0.39, 0.29) is 18.0 Å². The second-order valence-corrected chi connectivity index (χ2v) is 9.95. The number of nitrogens with one attached hydrogen (secondary N) is 1. The zero-order chi connectivity index (χ0) is 24.9. The number of ether oxygens (including phenoxy) is 2. The average Bonchev–Trinajstić information content (AvgIpc) is 3.74. The van der Waals surface area contributed by atoms with Crippen LogP contribution in [-0.4, -0.2) is 66.4 Å². The van der Waals surface area contributed by atoms with Gasteiger partial charge in [0.2, 0.25) is 5.91 Å². The number of carbonyl (C=O) groups is 1. The lowest BCUT2D eigenvalue weighted by molar-refractivity contribution is -0.121. The minimum absolute atomic E-state index is 0.0691. The zero-order valence-corrected chi connectivity index (χ0v) is 20.8. The van der Waals surface area contributed by atoms with Crippen molar-refractivity contribution in [2.24, 2.45) is 11.8 Å². The Morgan fingerprint density at radius 1 is 1.17 bits per heavy atom. The Labute approximate surface area is 211 Å². The van der Waals surface area contributed by atoms with Crippen molar-refractivity contribution in [3.63, 3.8) is 0 Å². The standard InChI is InChI=1S/C28H34N4O4/c1-20(17-31-11-13-35-14-12-31)19-36-23-9-10-25-24(15-23)28(34)32(18-26(33)29-16-21-7-8-21)27(30-25)22-5-3-2-4-6-22/h2-6,9-10,15,20-21H,7-8,11-14,16-19H2,1H3,(H,29,33)/t20-/m0/s1. The topological polar surface area (TPSA) is 85.7 Å². The van der Waals surface area contributed by atoms with Crippen molar-refractivity contribution in [2.45, 2.75) is 26.3 Å². The fourth-order valence-corrected chi connectivity index (χ4v) is 4.54. The molecule has 1 aromatic heterocycles. The largest absolute Gasteiger partial charge is 0.493 e. The molecule has 2 aromatic carbocycles. The quantitative estimate of drug-likeness (QED) is 0.470. The molecule has 1 aliphatic heterocycles. The Hall–Kier alpha value is -3.23. The van der Waals surface area contributed by atoms with Gasteiger partial charge in [-0.05, 0) is 37.0 Å². The number of aromatic nitrogens is 2. The molecule has 36 heavy (non-hydrogen) atoms. The Morgan fingerprint density at radius 2 is 1.94 bits per heavy atom. The van der Waals surface area contributed by atoms with E-state index in [0.29, 0.717) is 47.5 Å². The Kier molecular flexibility index (Phi) is 7.63. The normalized spacial score (nSPS) is 17.1. The molecule has 8 heteroatoms. The summed E-state index contributed by atoms with van der Waals surface area (Å²) in [5.74, 6) is 1.85. The minimum atomic E-state index is -0.243. The predicted molar refractivity (Wildman–Crippen MR) is 139 cm³/mol. The van der Waals surface area contributed by atoms with Gasteiger partial charge in [0.25, 0.3) is 5.56 Å². The lowest BCUT2D eigenvalue weighted by Crippen LogP contribution is -2.39. The summed E-state index contributed by atoms with van der Waals surface area (Å²) in [6, 6.07) is 15.0. The van der Waals surface area contributed by atoms with E-state index in [1.54, 1.807) is 6.07 Å². The molecule has 2 fully saturated rings. The highest BCUT2D eigenvalue weighted by molar-refractivity contribution is 5.82. The number of benzene rings is 2. The molecular weight excluding hydrogens is 456 g/mol. The Morgan fingerprint density at radius 3 is 2.69 bits per heavy atom. The third kappa shape index (κ3) is 6.12. The van der Waals surface area contributed by atoms with Gasteiger partial charge in [0.1, 0.15) is 18.1 Å². The molecule has 0 spiro atoms. The lowest BCUT2D eigenvalue weighted by atomic mass is 10.1. The van der Waals surface area contributed by atoms with Gasteiger partial charge in [0.05, 0.1) is 30.7 Å². The van der Waals surface area contributed by atoms with Crippen LogP contribution in [-0.2, 0) is 16.1 Å². The summed E-state index contributed by atoms with van der Waals surface area (Å²) < 4.78 is 13.0. The van der Waals surface area contributed by atoms with E-state index in [0.717, 1.165) is 51.3 Å². The summed E-state index contributed by atoms with van der Waals surface area (Å²) in [6.07, 6.45) is 2.31. The molecular formula is C28H34N4O4. The summed E-state index contributed by atoms with van der Waals surface area (Å²) in [5, 5.41) is 3.41. The maximum absolute atomic E-state index is 13.6. The summed E-state index contributed by atoms with van der Waals surface area (Å²) in [7, 11) is 0. The first-order chi connectivity index (χ1) is 17.6. The summed E-state index contributed by atoms with van der Waals surface area (Å²) in [4.78, 5) is 33.5. The van der Waals surface area contributed by atoms with Gasteiger partial charge in [-0.2, -0.15) is 0 Å². The molecule has 8 nitrogen and oxygen atoms in total. The van der Waals surface area contributed by atoms with E-state index in [9.17, 15) is 9.59 Å². The fraction of sp³-hybridized carbons (Fsp3) is 0.464. The molecule has 1 N–H and O–H groups in total. The predicted octanol–water partition coefficient (Wildman–Crippen LogP) is 2.94. The summed E-state index contributed by atoms with van der Waals surface area (Å²) >= 11 is 0. The maximum Gasteiger partial charge on any atom is 0.262 e. The minimum Gasteiger partial charge on any atom is -0.493 e. The van der Waals surface area contributed by atoms with Gasteiger partial charge in [-0.3, -0.25) is 19.1 Å². The molecule has 0 radical (unpaired) electrons. The van der Waals surface area contributed by atoms with E-state index in [1.165, 1.54) is 4.57 Å². The lowest BCUT2D eigenvalue weighted by Gasteiger charge is -2.29. The second-order valence-electron chi connectivity index (χ2n) is 9.95. The number of rotatable bonds is 10. The summed E-state index contributed by atoms with van der Waals surface area (Å²) in [5.41, 5.74) is 1.14. The molecule has 0 unspecified atom stereocenters. The van der Waals surface area contributed by atoms with Gasteiger partial charge >= 0.3 is 0 Å². The number of hydrogen-bond donors (Lipinski definition) is 1. The molecule has 5 rings (SSSR count). The Balaban J connectivity index is 1.37. The molecule has 1 aliphatic carbocycles. The molecule has 1 saturated heterocycles. The van der Waals surface area contributed by atoms with Gasteiger partial charge in [-0.15, -0.1) is 0 Å². The van der Waals surface area contributed by atoms with E-state index >= 15 is 0 Å². The van der Waals surface area contributed by atoms with Crippen LogP contribution >= 0.6 is 0 Å². The van der Waals surface area contributed by atoms with E-state index in [4.69, 9.17) is 14.5 Å². The maximum atomic E-state index is 13.6. The molecule has 0 bridgehead atoms. The third-order valence-corrected chi connectivity index (χ3v) is 6.75. The van der Waals surface area contributed by atoms with Gasteiger partial charge in [-0.25, -0.2) is 4.98 Å². The third-order valence-electron chi connectivity index (χ3n) is 6.75. The highest BCUT2D eigenvalue weighted by Crippen LogP contribution is 2.27. The van der Waals surface area contributed by atoms with Crippen molar-refractivity contribution >= 4 is 16.8 Å². The van der Waals surface area contributed by atoms with Crippen LogP contribution < -0.4 is 15.6 Å². The zero-order valence-electron chi connectivity index (χ0n) is 20.8. The van der Waals surface area contributed by atoms with Crippen LogP contribution in [0, 0.1) is 11.8 Å².